The summed E-state index contributed by atoms with van der Waals surface area (Å²) in [6, 6.07) is 13.2. The zero-order valence-electron chi connectivity index (χ0n) is 10.7. The monoisotopic (exact) mass is 272 g/mol. The number of carbonyl (C=O) groups excluding carboxylic acids is 1. The van der Waals surface area contributed by atoms with E-state index in [1.807, 2.05) is 30.3 Å². The molecular weight excluding hydrogens is 260 g/mol. The first-order valence-corrected chi connectivity index (χ1v) is 5.80. The molecule has 0 aliphatic carbocycles. The fourth-order valence-corrected chi connectivity index (χ4v) is 1.71. The Balaban J connectivity index is 2.39. The van der Waals surface area contributed by atoms with Gasteiger partial charge in [-0.2, -0.15) is 0 Å². The number of nitrogens with one attached hydrogen (secondary N) is 1. The highest BCUT2D eigenvalue weighted by molar-refractivity contribution is 5.91. The zero-order chi connectivity index (χ0) is 14.5. The van der Waals surface area contributed by atoms with Crippen molar-refractivity contribution in [3.63, 3.8) is 0 Å². The van der Waals surface area contributed by atoms with Crippen LogP contribution in [-0.2, 0) is 4.74 Å². The second-order valence-corrected chi connectivity index (χ2v) is 4.01. The van der Waals surface area contributed by atoms with Crippen molar-refractivity contribution in [2.24, 2.45) is 0 Å². The maximum absolute atomic E-state index is 11.5. The minimum Gasteiger partial charge on any atom is -0.465 e. The number of non-ortho nitro benzene ring substituents is 1. The Morgan fingerprint density at radius 1 is 1.15 bits per heavy atom. The number of benzene rings is 2. The molecule has 6 heteroatoms. The fraction of sp³-hybridized carbons (Fsp3) is 0.0714. The Hall–Kier alpha value is -2.89. The Kier molecular flexibility index (Phi) is 3.95. The van der Waals surface area contributed by atoms with Gasteiger partial charge >= 0.3 is 5.97 Å². The number of para-hydroxylation sites is 1. The van der Waals surface area contributed by atoms with Crippen LogP contribution in [0.15, 0.2) is 48.5 Å². The van der Waals surface area contributed by atoms with Crippen LogP contribution >= 0.6 is 0 Å². The molecule has 0 aliphatic heterocycles. The van der Waals surface area contributed by atoms with Gasteiger partial charge in [-0.15, -0.1) is 0 Å². The molecule has 2 rings (SSSR count). The molecule has 2 aromatic rings. The van der Waals surface area contributed by atoms with Gasteiger partial charge < -0.3 is 10.1 Å². The highest BCUT2D eigenvalue weighted by atomic mass is 16.6. The summed E-state index contributed by atoms with van der Waals surface area (Å²) in [5, 5.41) is 13.9. The van der Waals surface area contributed by atoms with Gasteiger partial charge in [0.1, 0.15) is 0 Å². The lowest BCUT2D eigenvalue weighted by Gasteiger charge is -2.08. The van der Waals surface area contributed by atoms with Crippen molar-refractivity contribution in [2.45, 2.75) is 0 Å². The Morgan fingerprint density at radius 3 is 2.45 bits per heavy atom. The van der Waals surface area contributed by atoms with Crippen molar-refractivity contribution in [3.8, 4) is 0 Å². The van der Waals surface area contributed by atoms with Crippen molar-refractivity contribution < 1.29 is 14.5 Å². The fourth-order valence-electron chi connectivity index (χ4n) is 1.71. The summed E-state index contributed by atoms with van der Waals surface area (Å²) in [7, 11) is 1.23. The average molecular weight is 272 g/mol. The van der Waals surface area contributed by atoms with Gasteiger partial charge in [-0.25, -0.2) is 4.79 Å². The van der Waals surface area contributed by atoms with Crippen molar-refractivity contribution in [1.29, 1.82) is 0 Å². The summed E-state index contributed by atoms with van der Waals surface area (Å²) >= 11 is 0. The quantitative estimate of drug-likeness (QED) is 0.525. The number of rotatable bonds is 4. The number of esters is 1. The molecule has 6 nitrogen and oxygen atoms in total. The van der Waals surface area contributed by atoms with E-state index in [-0.39, 0.29) is 11.3 Å². The van der Waals surface area contributed by atoms with Gasteiger partial charge in [0.2, 0.25) is 0 Å². The van der Waals surface area contributed by atoms with E-state index in [4.69, 9.17) is 0 Å². The molecule has 0 aromatic heterocycles. The molecule has 0 unspecified atom stereocenters. The summed E-state index contributed by atoms with van der Waals surface area (Å²) in [6.45, 7) is 0. The van der Waals surface area contributed by atoms with Crippen LogP contribution in [0.25, 0.3) is 0 Å². The van der Waals surface area contributed by atoms with E-state index in [9.17, 15) is 14.9 Å². The molecule has 0 atom stereocenters. The van der Waals surface area contributed by atoms with E-state index in [0.717, 1.165) is 5.69 Å². The van der Waals surface area contributed by atoms with Crippen LogP contribution < -0.4 is 5.32 Å². The van der Waals surface area contributed by atoms with Gasteiger partial charge in [0.05, 0.1) is 17.6 Å². The van der Waals surface area contributed by atoms with Crippen molar-refractivity contribution in [1.82, 2.24) is 0 Å². The van der Waals surface area contributed by atoms with E-state index >= 15 is 0 Å². The topological polar surface area (TPSA) is 81.5 Å². The summed E-state index contributed by atoms with van der Waals surface area (Å²) in [6.07, 6.45) is 0. The second kappa shape index (κ2) is 5.83. The van der Waals surface area contributed by atoms with Gasteiger partial charge in [0, 0.05) is 23.5 Å². The first-order valence-electron chi connectivity index (χ1n) is 5.80. The molecule has 1 N–H and O–H groups in total. The predicted molar refractivity (Wildman–Crippen MR) is 74.2 cm³/mol. The summed E-state index contributed by atoms with van der Waals surface area (Å²) in [5.74, 6) is -0.621. The number of ether oxygens (including phenoxy) is 1. The van der Waals surface area contributed by atoms with E-state index in [0.29, 0.717) is 5.69 Å². The molecule has 0 radical (unpaired) electrons. The van der Waals surface area contributed by atoms with Gasteiger partial charge in [0.15, 0.2) is 0 Å². The van der Waals surface area contributed by atoms with Gasteiger partial charge in [0.25, 0.3) is 5.69 Å². The number of hydrogen-bond acceptors (Lipinski definition) is 5. The van der Waals surface area contributed by atoms with Crippen molar-refractivity contribution >= 4 is 23.0 Å². The zero-order valence-corrected chi connectivity index (χ0v) is 10.7. The van der Waals surface area contributed by atoms with Crippen LogP contribution in [0, 0.1) is 10.1 Å². The summed E-state index contributed by atoms with van der Waals surface area (Å²) in [5.41, 5.74) is 1.17. The van der Waals surface area contributed by atoms with Crippen molar-refractivity contribution in [3.05, 3.63) is 64.2 Å². The van der Waals surface area contributed by atoms with Crippen LogP contribution in [0.5, 0.6) is 0 Å². The normalized spacial score (nSPS) is 9.85. The standard InChI is InChI=1S/C14H12N2O4/c1-20-14(17)10-7-12(9-13(8-10)16(18)19)15-11-5-3-2-4-6-11/h2-9,15H,1H3. The third kappa shape index (κ3) is 3.11. The molecule has 0 aliphatic rings. The van der Waals surface area contributed by atoms with E-state index in [1.54, 1.807) is 0 Å². The number of nitro groups is 1. The van der Waals surface area contributed by atoms with Crippen LogP contribution in [0.4, 0.5) is 17.1 Å². The highest BCUT2D eigenvalue weighted by Crippen LogP contribution is 2.24. The molecule has 0 saturated carbocycles. The number of anilines is 2. The smallest absolute Gasteiger partial charge is 0.338 e. The summed E-state index contributed by atoms with van der Waals surface area (Å²) in [4.78, 5) is 21.9. The van der Waals surface area contributed by atoms with Crippen LogP contribution in [0.2, 0.25) is 0 Å². The number of carbonyl (C=O) groups is 1. The first kappa shape index (κ1) is 13.5. The maximum Gasteiger partial charge on any atom is 0.338 e. The lowest BCUT2D eigenvalue weighted by atomic mass is 10.1. The third-order valence-corrected chi connectivity index (χ3v) is 2.61. The molecule has 0 fully saturated rings. The van der Waals surface area contributed by atoms with E-state index in [1.165, 1.54) is 25.3 Å². The molecule has 2 aromatic carbocycles. The van der Waals surface area contributed by atoms with Crippen molar-refractivity contribution in [2.75, 3.05) is 12.4 Å². The molecule has 0 heterocycles. The van der Waals surface area contributed by atoms with Gasteiger partial charge in [-0.1, -0.05) is 18.2 Å². The SMILES string of the molecule is COC(=O)c1cc(Nc2ccccc2)cc([N+](=O)[O-])c1. The van der Waals surface area contributed by atoms with Gasteiger partial charge in [-0.05, 0) is 18.2 Å². The Bertz CT molecular complexity index is 641. The molecule has 20 heavy (non-hydrogen) atoms. The average Bonchev–Trinajstić information content (AvgIpc) is 2.47. The van der Waals surface area contributed by atoms with Crippen LogP contribution in [0.3, 0.4) is 0 Å². The van der Waals surface area contributed by atoms with E-state index in [2.05, 4.69) is 10.1 Å². The molecule has 102 valence electrons. The summed E-state index contributed by atoms with van der Waals surface area (Å²) < 4.78 is 4.59. The number of nitrogens with zero attached hydrogens (tertiary/aromatic N) is 1. The molecule has 0 amide bonds. The molecular formula is C14H12N2O4. The lowest BCUT2D eigenvalue weighted by Crippen LogP contribution is -2.03. The Labute approximate surface area is 115 Å². The highest BCUT2D eigenvalue weighted by Gasteiger charge is 2.14. The lowest BCUT2D eigenvalue weighted by molar-refractivity contribution is -0.384. The van der Waals surface area contributed by atoms with Gasteiger partial charge in [-0.3, -0.25) is 10.1 Å². The largest absolute Gasteiger partial charge is 0.465 e. The minimum absolute atomic E-state index is 0.125. The number of methoxy groups -OCH3 is 1. The Morgan fingerprint density at radius 2 is 1.85 bits per heavy atom. The predicted octanol–water partition coefficient (Wildman–Crippen LogP) is 3.13. The van der Waals surface area contributed by atoms with Crippen LogP contribution in [-0.4, -0.2) is 18.0 Å². The maximum atomic E-state index is 11.5. The molecule has 0 bridgehead atoms. The first-order chi connectivity index (χ1) is 9.60. The number of hydrogen-bond donors (Lipinski definition) is 1. The third-order valence-electron chi connectivity index (χ3n) is 2.61. The second-order valence-electron chi connectivity index (χ2n) is 4.01. The molecule has 0 saturated heterocycles. The van der Waals surface area contributed by atoms with E-state index < -0.39 is 10.9 Å². The molecule has 0 spiro atoms. The number of nitro benzene ring substituents is 1. The van der Waals surface area contributed by atoms with Crippen LogP contribution in [0.1, 0.15) is 10.4 Å². The minimum atomic E-state index is -0.621.